The van der Waals surface area contributed by atoms with Crippen LogP contribution in [0.4, 0.5) is 0 Å². The number of ether oxygens (including phenoxy) is 1. The van der Waals surface area contributed by atoms with Crippen molar-refractivity contribution in [3.63, 3.8) is 0 Å². The van der Waals surface area contributed by atoms with E-state index in [-0.39, 0.29) is 11.9 Å². The maximum absolute atomic E-state index is 12.9. The fraction of sp³-hybridized carbons (Fsp3) is 0.182. The highest BCUT2D eigenvalue weighted by atomic mass is 32.2. The first kappa shape index (κ1) is 18.4. The van der Waals surface area contributed by atoms with E-state index in [4.69, 9.17) is 9.15 Å². The summed E-state index contributed by atoms with van der Waals surface area (Å²) in [6.07, 6.45) is 2.24. The fourth-order valence-electron chi connectivity index (χ4n) is 3.13. The first-order valence-corrected chi connectivity index (χ1v) is 9.98. The van der Waals surface area contributed by atoms with Crippen LogP contribution in [0.25, 0.3) is 0 Å². The quantitative estimate of drug-likeness (QED) is 0.568. The lowest BCUT2D eigenvalue weighted by atomic mass is 10.0. The maximum atomic E-state index is 12.9. The zero-order valence-electron chi connectivity index (χ0n) is 15.4. The highest BCUT2D eigenvalue weighted by molar-refractivity contribution is 8.00. The molecule has 2 heterocycles. The third kappa shape index (κ3) is 3.97. The molecule has 0 unspecified atom stereocenters. The molecule has 0 fully saturated rings. The van der Waals surface area contributed by atoms with Gasteiger partial charge in [0.1, 0.15) is 17.6 Å². The number of rotatable bonds is 6. The Hall–Kier alpha value is -2.99. The van der Waals surface area contributed by atoms with Gasteiger partial charge >= 0.3 is 0 Å². The summed E-state index contributed by atoms with van der Waals surface area (Å²) in [6.45, 7) is 0. The molecular formula is C22H20N2O3S. The van der Waals surface area contributed by atoms with Gasteiger partial charge in [0.2, 0.25) is 0 Å². The van der Waals surface area contributed by atoms with E-state index in [0.717, 1.165) is 27.7 Å². The molecule has 0 spiro atoms. The summed E-state index contributed by atoms with van der Waals surface area (Å²) < 4.78 is 10.8. The average Bonchev–Trinajstić information content (AvgIpc) is 3.42. The van der Waals surface area contributed by atoms with Gasteiger partial charge in [0.15, 0.2) is 0 Å². The number of carbonyl (C=O) groups is 1. The smallest absolute Gasteiger partial charge is 0.253 e. The van der Waals surface area contributed by atoms with Crippen LogP contribution in [-0.4, -0.2) is 29.5 Å². The average molecular weight is 392 g/mol. The van der Waals surface area contributed by atoms with Crippen LogP contribution in [0, 0.1) is 0 Å². The zero-order valence-corrected chi connectivity index (χ0v) is 16.3. The molecule has 28 heavy (non-hydrogen) atoms. The van der Waals surface area contributed by atoms with Gasteiger partial charge in [0, 0.05) is 11.3 Å². The lowest BCUT2D eigenvalue weighted by Gasteiger charge is -2.19. The molecule has 1 amide bonds. The number of thioether (sulfide) groups is 1. The molecule has 5 nitrogen and oxygen atoms in total. The number of hydrazone groups is 1. The number of furan rings is 1. The first-order valence-electron chi connectivity index (χ1n) is 9.00. The number of benzene rings is 2. The summed E-state index contributed by atoms with van der Waals surface area (Å²) in [7, 11) is 1.64. The van der Waals surface area contributed by atoms with Crippen LogP contribution in [0.3, 0.4) is 0 Å². The third-order valence-corrected chi connectivity index (χ3v) is 5.56. The summed E-state index contributed by atoms with van der Waals surface area (Å²) >= 11 is 1.51. The van der Waals surface area contributed by atoms with Crippen LogP contribution in [0.2, 0.25) is 0 Å². The standard InChI is InChI=1S/C22H20N2O3S/c1-26-17-11-9-16(10-12-17)19-14-20(21-8-5-13-27-21)24(23-19)22(25)15-28-18-6-3-2-4-7-18/h2-13,20H,14-15H2,1H3/t20-/m0/s1. The number of methoxy groups -OCH3 is 1. The number of hydrogen-bond acceptors (Lipinski definition) is 5. The molecule has 1 aliphatic rings. The van der Waals surface area contributed by atoms with Gasteiger partial charge in [-0.05, 0) is 54.1 Å². The minimum Gasteiger partial charge on any atom is -0.497 e. The van der Waals surface area contributed by atoms with Crippen LogP contribution < -0.4 is 4.74 Å². The Kier molecular flexibility index (Phi) is 5.48. The molecule has 0 radical (unpaired) electrons. The van der Waals surface area contributed by atoms with Gasteiger partial charge in [-0.2, -0.15) is 5.10 Å². The third-order valence-electron chi connectivity index (χ3n) is 4.57. The van der Waals surface area contributed by atoms with Gasteiger partial charge in [0.05, 0.1) is 24.8 Å². The van der Waals surface area contributed by atoms with E-state index in [9.17, 15) is 4.79 Å². The van der Waals surface area contributed by atoms with E-state index in [1.165, 1.54) is 11.8 Å². The number of nitrogens with zero attached hydrogens (tertiary/aromatic N) is 2. The van der Waals surface area contributed by atoms with Crippen LogP contribution >= 0.6 is 11.8 Å². The molecule has 1 atom stereocenters. The van der Waals surface area contributed by atoms with E-state index in [2.05, 4.69) is 5.10 Å². The van der Waals surface area contributed by atoms with Crippen LogP contribution in [0.1, 0.15) is 23.8 Å². The normalized spacial score (nSPS) is 16.1. The topological polar surface area (TPSA) is 55.0 Å². The summed E-state index contributed by atoms with van der Waals surface area (Å²) in [5.74, 6) is 1.81. The second kappa shape index (κ2) is 8.35. The van der Waals surface area contributed by atoms with Crippen molar-refractivity contribution in [1.82, 2.24) is 5.01 Å². The summed E-state index contributed by atoms with van der Waals surface area (Å²) in [5.41, 5.74) is 1.84. The lowest BCUT2D eigenvalue weighted by Crippen LogP contribution is -2.28. The van der Waals surface area contributed by atoms with E-state index >= 15 is 0 Å². The molecule has 0 saturated carbocycles. The van der Waals surface area contributed by atoms with E-state index in [1.54, 1.807) is 18.4 Å². The molecule has 0 bridgehead atoms. The predicted octanol–water partition coefficient (Wildman–Crippen LogP) is 4.76. The number of carbonyl (C=O) groups excluding carboxylic acids is 1. The van der Waals surface area contributed by atoms with Crippen molar-refractivity contribution >= 4 is 23.4 Å². The van der Waals surface area contributed by atoms with Crippen molar-refractivity contribution in [1.29, 1.82) is 0 Å². The Morgan fingerprint density at radius 1 is 1.14 bits per heavy atom. The van der Waals surface area contributed by atoms with E-state index in [1.807, 2.05) is 66.7 Å². The molecule has 4 rings (SSSR count). The van der Waals surface area contributed by atoms with Crippen LogP contribution in [-0.2, 0) is 4.79 Å². The Bertz CT molecular complexity index is 953. The van der Waals surface area contributed by atoms with Gasteiger partial charge in [0.25, 0.3) is 5.91 Å². The van der Waals surface area contributed by atoms with E-state index < -0.39 is 0 Å². The van der Waals surface area contributed by atoms with Crippen LogP contribution in [0.5, 0.6) is 5.75 Å². The van der Waals surface area contributed by atoms with Crippen LogP contribution in [0.15, 0.2) is 87.4 Å². The van der Waals surface area contributed by atoms with Crippen molar-refractivity contribution < 1.29 is 13.9 Å². The summed E-state index contributed by atoms with van der Waals surface area (Å²) in [5, 5.41) is 6.21. The molecule has 0 N–H and O–H groups in total. The maximum Gasteiger partial charge on any atom is 0.253 e. The number of hydrogen-bond donors (Lipinski definition) is 0. The number of amides is 1. The Morgan fingerprint density at radius 2 is 1.93 bits per heavy atom. The van der Waals surface area contributed by atoms with E-state index in [0.29, 0.717) is 12.2 Å². The van der Waals surface area contributed by atoms with Crippen molar-refractivity contribution in [3.8, 4) is 5.75 Å². The van der Waals surface area contributed by atoms with Gasteiger partial charge < -0.3 is 9.15 Å². The van der Waals surface area contributed by atoms with Gasteiger partial charge in [-0.15, -0.1) is 11.8 Å². The Morgan fingerprint density at radius 3 is 2.61 bits per heavy atom. The highest BCUT2D eigenvalue weighted by Gasteiger charge is 2.34. The van der Waals surface area contributed by atoms with Gasteiger partial charge in [-0.1, -0.05) is 18.2 Å². The summed E-state index contributed by atoms with van der Waals surface area (Å²) in [4.78, 5) is 14.0. The van der Waals surface area contributed by atoms with Crippen molar-refractivity contribution in [2.75, 3.05) is 12.9 Å². The van der Waals surface area contributed by atoms with Crippen molar-refractivity contribution in [3.05, 3.63) is 84.3 Å². The highest BCUT2D eigenvalue weighted by Crippen LogP contribution is 2.34. The minimum atomic E-state index is -0.226. The molecule has 6 heteroatoms. The fourth-order valence-corrected chi connectivity index (χ4v) is 3.90. The molecule has 0 saturated heterocycles. The Balaban J connectivity index is 1.55. The van der Waals surface area contributed by atoms with Gasteiger partial charge in [-0.3, -0.25) is 4.79 Å². The van der Waals surface area contributed by atoms with Gasteiger partial charge in [-0.25, -0.2) is 5.01 Å². The second-order valence-electron chi connectivity index (χ2n) is 6.35. The molecule has 142 valence electrons. The summed E-state index contributed by atoms with van der Waals surface area (Å²) in [6, 6.07) is 21.1. The molecule has 1 aliphatic heterocycles. The second-order valence-corrected chi connectivity index (χ2v) is 7.40. The SMILES string of the molecule is COc1ccc(C2=NN(C(=O)CSc3ccccc3)[C@H](c3ccco3)C2)cc1. The monoisotopic (exact) mass is 392 g/mol. The minimum absolute atomic E-state index is 0.0428. The largest absolute Gasteiger partial charge is 0.497 e. The molecular weight excluding hydrogens is 372 g/mol. The predicted molar refractivity (Wildman–Crippen MR) is 110 cm³/mol. The first-order chi connectivity index (χ1) is 13.7. The zero-order chi connectivity index (χ0) is 19.3. The molecule has 2 aromatic carbocycles. The lowest BCUT2D eigenvalue weighted by molar-refractivity contribution is -0.130. The van der Waals surface area contributed by atoms with Crippen molar-refractivity contribution in [2.45, 2.75) is 17.4 Å². The molecule has 0 aliphatic carbocycles. The Labute approximate surface area is 168 Å². The van der Waals surface area contributed by atoms with Crippen molar-refractivity contribution in [2.24, 2.45) is 5.10 Å². The molecule has 1 aromatic heterocycles. The molecule has 3 aromatic rings.